The zero-order valence-electron chi connectivity index (χ0n) is 14.2. The molecular formula is C17H22Cl2N4O2. The third-order valence-corrected chi connectivity index (χ3v) is 4.66. The number of ether oxygens (including phenoxy) is 1. The number of halogens is 2. The largest absolute Gasteiger partial charge is 0.382 e. The van der Waals surface area contributed by atoms with Crippen LogP contribution < -0.4 is 5.73 Å². The number of morpholine rings is 1. The van der Waals surface area contributed by atoms with Crippen molar-refractivity contribution in [2.24, 2.45) is 0 Å². The Morgan fingerprint density at radius 2 is 2.08 bits per heavy atom. The Morgan fingerprint density at radius 3 is 2.72 bits per heavy atom. The number of nitrogens with two attached hydrogens (primary N) is 1. The predicted molar refractivity (Wildman–Crippen MR) is 99.9 cm³/mol. The average Bonchev–Trinajstić information content (AvgIpc) is 3.02. The van der Waals surface area contributed by atoms with Crippen molar-refractivity contribution in [2.45, 2.75) is 25.5 Å². The SMILES string of the molecule is CC(C)(C(=O)N1CCOC(c2ccccc2Cl)C1)n1ccc(N)n1.Cl. The first kappa shape index (κ1) is 19.6. The average molecular weight is 385 g/mol. The molecule has 8 heteroatoms. The maximum absolute atomic E-state index is 13.0. The molecule has 0 radical (unpaired) electrons. The molecule has 1 aromatic carbocycles. The van der Waals surface area contributed by atoms with Crippen LogP contribution in [0.3, 0.4) is 0 Å². The van der Waals surface area contributed by atoms with Crippen LogP contribution in [0.25, 0.3) is 0 Å². The lowest BCUT2D eigenvalue weighted by atomic mass is 10.0. The molecule has 1 aliphatic heterocycles. The lowest BCUT2D eigenvalue weighted by Crippen LogP contribution is -2.51. The Kier molecular flexibility index (Phi) is 5.98. The lowest BCUT2D eigenvalue weighted by molar-refractivity contribution is -0.147. The molecule has 1 saturated heterocycles. The Bertz CT molecular complexity index is 748. The number of nitrogen functional groups attached to an aromatic ring is 1. The van der Waals surface area contributed by atoms with Crippen LogP contribution in [0.5, 0.6) is 0 Å². The lowest BCUT2D eigenvalue weighted by Gasteiger charge is -2.38. The molecule has 3 rings (SSSR count). The molecule has 0 aliphatic carbocycles. The maximum Gasteiger partial charge on any atom is 0.250 e. The summed E-state index contributed by atoms with van der Waals surface area (Å²) >= 11 is 6.26. The van der Waals surface area contributed by atoms with E-state index >= 15 is 0 Å². The van der Waals surface area contributed by atoms with Crippen molar-refractivity contribution in [2.75, 3.05) is 25.4 Å². The molecule has 1 atom stereocenters. The molecule has 0 bridgehead atoms. The molecule has 0 spiro atoms. The Labute approximate surface area is 158 Å². The number of aromatic nitrogens is 2. The van der Waals surface area contributed by atoms with Crippen molar-refractivity contribution >= 4 is 35.7 Å². The first-order valence-electron chi connectivity index (χ1n) is 7.86. The van der Waals surface area contributed by atoms with Crippen LogP contribution in [0, 0.1) is 0 Å². The van der Waals surface area contributed by atoms with Crippen molar-refractivity contribution in [1.29, 1.82) is 0 Å². The summed E-state index contributed by atoms with van der Waals surface area (Å²) in [6.07, 6.45) is 1.49. The van der Waals surface area contributed by atoms with Crippen LogP contribution >= 0.6 is 24.0 Å². The number of hydrogen-bond donors (Lipinski definition) is 1. The van der Waals surface area contributed by atoms with E-state index in [1.165, 1.54) is 0 Å². The first-order valence-corrected chi connectivity index (χ1v) is 8.24. The van der Waals surface area contributed by atoms with E-state index in [-0.39, 0.29) is 24.4 Å². The van der Waals surface area contributed by atoms with Crippen molar-refractivity contribution in [3.8, 4) is 0 Å². The molecule has 1 aliphatic rings. The van der Waals surface area contributed by atoms with E-state index in [9.17, 15) is 4.79 Å². The standard InChI is InChI=1S/C17H21ClN4O2.ClH/c1-17(2,22-8-7-15(19)20-22)16(23)21-9-10-24-14(11-21)12-5-3-4-6-13(12)18;/h3-8,14H,9-11H2,1-2H3,(H2,19,20);1H. The van der Waals surface area contributed by atoms with E-state index < -0.39 is 5.54 Å². The minimum Gasteiger partial charge on any atom is -0.382 e. The van der Waals surface area contributed by atoms with Gasteiger partial charge < -0.3 is 15.4 Å². The second-order valence-electron chi connectivity index (χ2n) is 6.38. The van der Waals surface area contributed by atoms with Gasteiger partial charge in [0.05, 0.1) is 13.2 Å². The number of nitrogens with zero attached hydrogens (tertiary/aromatic N) is 3. The number of carbonyl (C=O) groups is 1. The normalized spacial score (nSPS) is 17.9. The number of amides is 1. The summed E-state index contributed by atoms with van der Waals surface area (Å²) < 4.78 is 7.43. The number of hydrogen-bond acceptors (Lipinski definition) is 4. The van der Waals surface area contributed by atoms with Crippen LogP contribution in [-0.4, -0.2) is 40.3 Å². The maximum atomic E-state index is 13.0. The third kappa shape index (κ3) is 3.92. The van der Waals surface area contributed by atoms with Crippen LogP contribution in [0.1, 0.15) is 25.5 Å². The molecule has 1 amide bonds. The van der Waals surface area contributed by atoms with Gasteiger partial charge in [0.2, 0.25) is 5.91 Å². The highest BCUT2D eigenvalue weighted by Crippen LogP contribution is 2.30. The molecule has 0 saturated carbocycles. The van der Waals surface area contributed by atoms with E-state index in [1.54, 1.807) is 21.8 Å². The Balaban J connectivity index is 0.00000225. The highest BCUT2D eigenvalue weighted by molar-refractivity contribution is 6.31. The third-order valence-electron chi connectivity index (χ3n) is 4.31. The quantitative estimate of drug-likeness (QED) is 0.882. The molecule has 6 nitrogen and oxygen atoms in total. The van der Waals surface area contributed by atoms with E-state index in [0.29, 0.717) is 30.5 Å². The minimum atomic E-state index is -0.819. The van der Waals surface area contributed by atoms with Gasteiger partial charge in [0, 0.05) is 23.3 Å². The summed E-state index contributed by atoms with van der Waals surface area (Å²) in [7, 11) is 0. The van der Waals surface area contributed by atoms with Gasteiger partial charge in [-0.2, -0.15) is 5.10 Å². The minimum absolute atomic E-state index is 0. The number of rotatable bonds is 3. The van der Waals surface area contributed by atoms with Crippen LogP contribution in [0.2, 0.25) is 5.02 Å². The zero-order chi connectivity index (χ0) is 17.3. The van der Waals surface area contributed by atoms with Gasteiger partial charge in [-0.3, -0.25) is 9.48 Å². The van der Waals surface area contributed by atoms with Gasteiger partial charge in [-0.1, -0.05) is 29.8 Å². The summed E-state index contributed by atoms with van der Waals surface area (Å²) in [6, 6.07) is 9.24. The molecule has 25 heavy (non-hydrogen) atoms. The Hall–Kier alpha value is -1.76. The van der Waals surface area contributed by atoms with Crippen LogP contribution in [0.15, 0.2) is 36.5 Å². The molecule has 2 N–H and O–H groups in total. The van der Waals surface area contributed by atoms with Gasteiger partial charge in [0.25, 0.3) is 0 Å². The summed E-state index contributed by atoms with van der Waals surface area (Å²) in [4.78, 5) is 14.8. The summed E-state index contributed by atoms with van der Waals surface area (Å²) in [5.74, 6) is 0.373. The van der Waals surface area contributed by atoms with E-state index in [4.69, 9.17) is 22.1 Å². The van der Waals surface area contributed by atoms with Crippen molar-refractivity contribution in [1.82, 2.24) is 14.7 Å². The van der Waals surface area contributed by atoms with Gasteiger partial charge in [-0.15, -0.1) is 12.4 Å². The van der Waals surface area contributed by atoms with Crippen LogP contribution in [-0.2, 0) is 15.1 Å². The van der Waals surface area contributed by atoms with Gasteiger partial charge in [0.15, 0.2) is 0 Å². The summed E-state index contributed by atoms with van der Waals surface area (Å²) in [5.41, 5.74) is 5.76. The zero-order valence-corrected chi connectivity index (χ0v) is 15.8. The smallest absolute Gasteiger partial charge is 0.250 e. The molecule has 1 fully saturated rings. The monoisotopic (exact) mass is 384 g/mol. The van der Waals surface area contributed by atoms with E-state index in [0.717, 1.165) is 5.56 Å². The molecule has 2 aromatic rings. The Morgan fingerprint density at radius 1 is 1.36 bits per heavy atom. The highest BCUT2D eigenvalue weighted by atomic mass is 35.5. The fourth-order valence-corrected chi connectivity index (χ4v) is 3.15. The van der Waals surface area contributed by atoms with E-state index in [2.05, 4.69) is 5.10 Å². The van der Waals surface area contributed by atoms with Crippen LogP contribution in [0.4, 0.5) is 5.82 Å². The first-order chi connectivity index (χ1) is 11.4. The highest BCUT2D eigenvalue weighted by Gasteiger charge is 2.37. The van der Waals surface area contributed by atoms with Gasteiger partial charge in [-0.05, 0) is 26.0 Å². The summed E-state index contributed by atoms with van der Waals surface area (Å²) in [6.45, 7) is 5.14. The van der Waals surface area contributed by atoms with Gasteiger partial charge in [0.1, 0.15) is 17.5 Å². The van der Waals surface area contributed by atoms with Crippen molar-refractivity contribution in [3.05, 3.63) is 47.1 Å². The van der Waals surface area contributed by atoms with Crippen molar-refractivity contribution in [3.63, 3.8) is 0 Å². The topological polar surface area (TPSA) is 73.4 Å². The fraction of sp³-hybridized carbons (Fsp3) is 0.412. The number of anilines is 1. The predicted octanol–water partition coefficient (Wildman–Crippen LogP) is 2.88. The molecular weight excluding hydrogens is 363 g/mol. The summed E-state index contributed by atoms with van der Waals surface area (Å²) in [5, 5.41) is 4.83. The molecule has 1 aromatic heterocycles. The molecule has 2 heterocycles. The molecule has 136 valence electrons. The second-order valence-corrected chi connectivity index (χ2v) is 6.78. The number of benzene rings is 1. The second kappa shape index (κ2) is 7.64. The number of carbonyl (C=O) groups excluding carboxylic acids is 1. The van der Waals surface area contributed by atoms with Gasteiger partial charge in [-0.25, -0.2) is 0 Å². The fourth-order valence-electron chi connectivity index (χ4n) is 2.89. The van der Waals surface area contributed by atoms with Gasteiger partial charge >= 0.3 is 0 Å². The van der Waals surface area contributed by atoms with E-state index in [1.807, 2.05) is 38.1 Å². The molecule has 1 unspecified atom stereocenters. The van der Waals surface area contributed by atoms with Crippen molar-refractivity contribution < 1.29 is 9.53 Å².